The molecule has 24 nitrogen and oxygen atoms in total. The van der Waals surface area contributed by atoms with Crippen LogP contribution < -0.4 is 17.0 Å². The minimum absolute atomic E-state index is 0.150. The first kappa shape index (κ1) is 38.8. The molecule has 6 rings (SSSR count). The highest BCUT2D eigenvalue weighted by atomic mass is 31.3. The van der Waals surface area contributed by atoms with Crippen LogP contribution in [0.25, 0.3) is 22.6 Å². The van der Waals surface area contributed by atoms with Gasteiger partial charge in [-0.15, -0.1) is 0 Å². The zero-order valence-corrected chi connectivity index (χ0v) is 29.4. The van der Waals surface area contributed by atoms with Gasteiger partial charge in [0.15, 0.2) is 23.9 Å². The standard InChI is InChI=1S/C27H35N9O15P2/c1-10-3-12-13(4-11(10)2)35(24-18(32-12)25(42)34-27(43)33-24)5-14(37)19(39)15(38)6-48-52(44,45)51-53(46,47)49-7-16-20(40)21(41)26(50-16)36-9-31-17-22(28)29-8-30-23(17)36/h3-4,8-9,14-17,19-21,23,26,37-41H,5-7H2,1-2H3,(H,44,45)(H,46,47)(H2,28,29,30)(H,34,42,43)/t14?,15?,16-,17?,19?,20-,21-,23?,26-/m1/s1. The average Bonchev–Trinajstić information content (AvgIpc) is 3.63. The molecule has 1 saturated heterocycles. The first-order chi connectivity index (χ1) is 24.9. The minimum atomic E-state index is -5.54. The number of amidine groups is 1. The fourth-order valence-electron chi connectivity index (χ4n) is 5.82. The molecule has 11 atom stereocenters. The zero-order chi connectivity index (χ0) is 38.6. The van der Waals surface area contributed by atoms with Gasteiger partial charge in [0.25, 0.3) is 5.56 Å². The van der Waals surface area contributed by atoms with Crippen molar-refractivity contribution in [3.05, 3.63) is 44.1 Å². The molecule has 10 N–H and O–H groups in total. The van der Waals surface area contributed by atoms with Crippen LogP contribution in [0.5, 0.6) is 0 Å². The fraction of sp³-hybridized carbons (Fsp3) is 0.519. The van der Waals surface area contributed by atoms with Gasteiger partial charge in [0.05, 0.1) is 37.1 Å². The average molecular weight is 788 g/mol. The number of aliphatic hydroxyl groups is 5. The molecule has 288 valence electrons. The highest BCUT2D eigenvalue weighted by molar-refractivity contribution is 7.61. The predicted molar refractivity (Wildman–Crippen MR) is 180 cm³/mol. The highest BCUT2D eigenvalue weighted by Crippen LogP contribution is 2.60. The molecule has 0 aromatic heterocycles. The Balaban J connectivity index is 1.05. The van der Waals surface area contributed by atoms with Crippen LogP contribution in [0, 0.1) is 13.8 Å². The lowest BCUT2D eigenvalue weighted by atomic mass is 10.1. The summed E-state index contributed by atoms with van der Waals surface area (Å²) in [4.78, 5) is 68.3. The molecule has 26 heteroatoms. The largest absolute Gasteiger partial charge is 0.481 e. The van der Waals surface area contributed by atoms with Crippen LogP contribution in [0.4, 0.5) is 0 Å². The Morgan fingerprint density at radius 1 is 1.00 bits per heavy atom. The van der Waals surface area contributed by atoms with Gasteiger partial charge in [-0.05, 0) is 37.1 Å². The maximum absolute atomic E-state index is 12.5. The summed E-state index contributed by atoms with van der Waals surface area (Å²) in [5, 5.41) is 53.1. The molecule has 5 aliphatic heterocycles. The van der Waals surface area contributed by atoms with Gasteiger partial charge in [-0.2, -0.15) is 9.29 Å². The molecule has 5 heterocycles. The number of ether oxygens (including phenoxy) is 1. The molecular weight excluding hydrogens is 752 g/mol. The molecule has 1 aromatic carbocycles. The lowest BCUT2D eigenvalue weighted by Gasteiger charge is -2.31. The number of H-pyrrole nitrogens is 1. The molecule has 5 aliphatic rings. The smallest absolute Gasteiger partial charge is 0.388 e. The van der Waals surface area contributed by atoms with E-state index in [1.54, 1.807) is 26.0 Å². The number of nitrogens with two attached hydrogens (primary N) is 1. The van der Waals surface area contributed by atoms with E-state index in [1.807, 2.05) is 4.98 Å². The first-order valence-electron chi connectivity index (χ1n) is 15.6. The molecule has 1 aromatic rings. The summed E-state index contributed by atoms with van der Waals surface area (Å²) in [6.45, 7) is 0.821. The van der Waals surface area contributed by atoms with Crippen molar-refractivity contribution in [1.82, 2.24) is 24.4 Å². The molecule has 7 unspecified atom stereocenters. The van der Waals surface area contributed by atoms with E-state index in [2.05, 4.69) is 33.8 Å². The van der Waals surface area contributed by atoms with Crippen LogP contribution in [0.3, 0.4) is 0 Å². The number of aromatic nitrogens is 4. The molecule has 0 amide bonds. The van der Waals surface area contributed by atoms with E-state index in [-0.39, 0.29) is 22.9 Å². The van der Waals surface area contributed by atoms with E-state index in [0.717, 1.165) is 11.1 Å². The summed E-state index contributed by atoms with van der Waals surface area (Å²) >= 11 is 0. The highest BCUT2D eigenvalue weighted by Gasteiger charge is 2.51. The van der Waals surface area contributed by atoms with Gasteiger partial charge >= 0.3 is 21.3 Å². The second-order valence-electron chi connectivity index (χ2n) is 12.4. The van der Waals surface area contributed by atoms with Crippen LogP contribution in [0.15, 0.2) is 36.7 Å². The molecule has 0 bridgehead atoms. The summed E-state index contributed by atoms with van der Waals surface area (Å²) in [5.41, 5.74) is 5.87. The fourth-order valence-corrected chi connectivity index (χ4v) is 7.92. The Morgan fingerprint density at radius 3 is 2.43 bits per heavy atom. The summed E-state index contributed by atoms with van der Waals surface area (Å²) in [6.07, 6.45) is -10.4. The summed E-state index contributed by atoms with van der Waals surface area (Å²) in [6, 6.07) is 2.62. The van der Waals surface area contributed by atoms with E-state index in [9.17, 15) is 54.0 Å². The number of aliphatic imine (C=N–C) groups is 3. The summed E-state index contributed by atoms with van der Waals surface area (Å²) < 4.78 is 45.4. The van der Waals surface area contributed by atoms with Crippen LogP contribution in [-0.2, 0) is 33.8 Å². The normalized spacial score (nSPS) is 28.1. The maximum Gasteiger partial charge on any atom is 0.481 e. The van der Waals surface area contributed by atoms with Gasteiger partial charge in [0.1, 0.15) is 54.8 Å². The summed E-state index contributed by atoms with van der Waals surface area (Å²) in [5.74, 6) is -0.0900. The second-order valence-corrected chi connectivity index (χ2v) is 15.4. The third-order valence-electron chi connectivity index (χ3n) is 8.71. The number of phosphoric acid groups is 2. The molecule has 1 fully saturated rings. The molecule has 0 radical (unpaired) electrons. The summed E-state index contributed by atoms with van der Waals surface area (Å²) in [7, 11) is -11.0. The zero-order valence-electron chi connectivity index (χ0n) is 27.6. The van der Waals surface area contributed by atoms with Gasteiger partial charge in [0, 0.05) is 0 Å². The van der Waals surface area contributed by atoms with Crippen LogP contribution in [-0.4, -0.2) is 147 Å². The number of hydrogen-bond acceptors (Lipinski definition) is 20. The second kappa shape index (κ2) is 14.8. The number of hydrogen-bond donors (Lipinski definition) is 9. The van der Waals surface area contributed by atoms with E-state index in [4.69, 9.17) is 15.0 Å². The van der Waals surface area contributed by atoms with Crippen molar-refractivity contribution in [1.29, 1.82) is 0 Å². The third kappa shape index (κ3) is 8.00. The monoisotopic (exact) mass is 787 g/mol. The van der Waals surface area contributed by atoms with E-state index >= 15 is 0 Å². The number of nitrogens with zero attached hydrogens (tertiary/aromatic N) is 7. The number of rotatable bonds is 13. The number of fused-ring (bicyclic) bond motifs is 3. The maximum atomic E-state index is 12.5. The number of aliphatic hydroxyl groups excluding tert-OH is 5. The SMILES string of the molecule is Cc1cc2nc3c(=O)[nH]c(=O)nc-3n(CC(O)C(O)C(O)COP(=O)(O)OP(=O)(O)OC[C@H]3O[C@@H](N4C=NC5C(N)=NC=NC54)[C@H](O)[C@@H]3O)c2cc1C. The topological polar surface area (TPSA) is 360 Å². The van der Waals surface area contributed by atoms with Gasteiger partial charge in [-0.25, -0.2) is 28.9 Å². The van der Waals surface area contributed by atoms with Crippen molar-refractivity contribution < 1.29 is 62.5 Å². The van der Waals surface area contributed by atoms with Gasteiger partial charge in [-0.1, -0.05) is 0 Å². The lowest BCUT2D eigenvalue weighted by molar-refractivity contribution is -0.0803. The van der Waals surface area contributed by atoms with Gasteiger partial charge in [0.2, 0.25) is 0 Å². The van der Waals surface area contributed by atoms with Crippen molar-refractivity contribution in [2.75, 3.05) is 13.2 Å². The Kier molecular flexibility index (Phi) is 10.8. The van der Waals surface area contributed by atoms with Crippen LogP contribution >= 0.6 is 15.6 Å². The third-order valence-corrected chi connectivity index (χ3v) is 11.3. The number of nitrogens with one attached hydrogen (secondary N) is 1. The van der Waals surface area contributed by atoms with Crippen molar-refractivity contribution in [2.45, 2.75) is 75.5 Å². The van der Waals surface area contributed by atoms with Crippen molar-refractivity contribution >= 4 is 45.2 Å². The minimum Gasteiger partial charge on any atom is -0.388 e. The van der Waals surface area contributed by atoms with E-state index in [0.29, 0.717) is 5.52 Å². The number of phosphoric ester groups is 2. The van der Waals surface area contributed by atoms with Gasteiger partial charge < -0.3 is 55.3 Å². The van der Waals surface area contributed by atoms with Crippen molar-refractivity contribution in [2.24, 2.45) is 20.7 Å². The van der Waals surface area contributed by atoms with Crippen molar-refractivity contribution in [3.8, 4) is 11.5 Å². The van der Waals surface area contributed by atoms with E-state index < -0.39 is 102 Å². The van der Waals surface area contributed by atoms with Crippen LogP contribution in [0.1, 0.15) is 11.1 Å². The Morgan fingerprint density at radius 2 is 1.70 bits per heavy atom. The first-order valence-corrected chi connectivity index (χ1v) is 18.6. The van der Waals surface area contributed by atoms with Crippen LogP contribution in [0.2, 0.25) is 0 Å². The van der Waals surface area contributed by atoms with Crippen molar-refractivity contribution in [3.63, 3.8) is 0 Å². The number of aryl methyl sites for hydroxylation is 2. The molecule has 0 saturated carbocycles. The Hall–Kier alpha value is -3.87. The Bertz CT molecular complexity index is 2160. The Labute approximate surface area is 297 Å². The molecule has 53 heavy (non-hydrogen) atoms. The number of benzene rings is 1. The molecule has 0 aliphatic carbocycles. The number of aromatic amines is 1. The lowest BCUT2D eigenvalue weighted by Crippen LogP contribution is -2.51. The van der Waals surface area contributed by atoms with Gasteiger partial charge in [-0.3, -0.25) is 23.8 Å². The molecule has 0 spiro atoms. The molecular formula is C27H35N9O15P2. The van der Waals surface area contributed by atoms with E-state index in [1.165, 1.54) is 22.1 Å². The quantitative estimate of drug-likeness (QED) is 0.0597. The predicted octanol–water partition coefficient (Wildman–Crippen LogP) is -3.58.